The van der Waals surface area contributed by atoms with Gasteiger partial charge in [0.05, 0.1) is 17.8 Å². The number of carbonyl (C=O) groups is 2. The van der Waals surface area contributed by atoms with Crippen LogP contribution in [0.3, 0.4) is 0 Å². The highest BCUT2D eigenvalue weighted by atomic mass is 35.5. The summed E-state index contributed by atoms with van der Waals surface area (Å²) in [6.45, 7) is 2.04. The van der Waals surface area contributed by atoms with Crippen LogP contribution in [0.2, 0.25) is 5.02 Å². The predicted octanol–water partition coefficient (Wildman–Crippen LogP) is 4.65. The van der Waals surface area contributed by atoms with Gasteiger partial charge in [-0.2, -0.15) is 0 Å². The lowest BCUT2D eigenvalue weighted by atomic mass is 10.1. The molecule has 0 saturated heterocycles. The molecule has 2 aromatic rings. The first-order chi connectivity index (χ1) is 11.6. The number of carbonyl (C=O) groups excluding carboxylic acids is 2. The third kappa shape index (κ3) is 5.70. The Hall–Kier alpha value is -2.33. The molecule has 0 saturated carbocycles. The fourth-order valence-corrected chi connectivity index (χ4v) is 2.36. The third-order valence-corrected chi connectivity index (χ3v) is 3.76. The lowest BCUT2D eigenvalue weighted by Crippen LogP contribution is -2.17. The van der Waals surface area contributed by atoms with Gasteiger partial charge in [0.25, 0.3) is 0 Å². The number of halogens is 1. The molecule has 24 heavy (non-hydrogen) atoms. The normalized spacial score (nSPS) is 10.2. The second-order valence-electron chi connectivity index (χ2n) is 5.55. The molecule has 0 heterocycles. The molecule has 0 unspecified atom stereocenters. The molecule has 0 aromatic heterocycles. The first kappa shape index (κ1) is 18.0. The average Bonchev–Trinajstić information content (AvgIpc) is 2.57. The quantitative estimate of drug-likeness (QED) is 0.768. The van der Waals surface area contributed by atoms with Crippen LogP contribution in [-0.4, -0.2) is 11.8 Å². The number of benzene rings is 2. The lowest BCUT2D eigenvalue weighted by Gasteiger charge is -2.12. The highest BCUT2D eigenvalue weighted by Gasteiger charge is 2.10. The Morgan fingerprint density at radius 1 is 0.917 bits per heavy atom. The Balaban J connectivity index is 1.99. The SMILES string of the molecule is CCCCC(=O)Nc1ccccc1NC(=O)Cc1ccc(Cl)cc1. The molecule has 0 atom stereocenters. The largest absolute Gasteiger partial charge is 0.324 e. The summed E-state index contributed by atoms with van der Waals surface area (Å²) in [6.07, 6.45) is 2.53. The van der Waals surface area contributed by atoms with E-state index in [4.69, 9.17) is 11.6 Å². The van der Waals surface area contributed by atoms with Gasteiger partial charge >= 0.3 is 0 Å². The van der Waals surface area contributed by atoms with Crippen molar-refractivity contribution in [1.29, 1.82) is 0 Å². The van der Waals surface area contributed by atoms with Gasteiger partial charge in [-0.25, -0.2) is 0 Å². The van der Waals surface area contributed by atoms with Crippen molar-refractivity contribution in [3.05, 3.63) is 59.1 Å². The van der Waals surface area contributed by atoms with Crippen LogP contribution in [-0.2, 0) is 16.0 Å². The third-order valence-electron chi connectivity index (χ3n) is 3.51. The van der Waals surface area contributed by atoms with Gasteiger partial charge in [-0.15, -0.1) is 0 Å². The van der Waals surface area contributed by atoms with Gasteiger partial charge in [-0.05, 0) is 36.2 Å². The fourth-order valence-electron chi connectivity index (χ4n) is 2.23. The minimum Gasteiger partial charge on any atom is -0.324 e. The number of para-hydroxylation sites is 2. The van der Waals surface area contributed by atoms with E-state index in [2.05, 4.69) is 10.6 Å². The maximum absolute atomic E-state index is 12.2. The number of nitrogens with one attached hydrogen (secondary N) is 2. The molecular formula is C19H21ClN2O2. The van der Waals surface area contributed by atoms with Crippen LogP contribution in [0.1, 0.15) is 31.7 Å². The molecule has 5 heteroatoms. The first-order valence-electron chi connectivity index (χ1n) is 8.01. The summed E-state index contributed by atoms with van der Waals surface area (Å²) in [5.74, 6) is -0.191. The number of rotatable bonds is 7. The van der Waals surface area contributed by atoms with E-state index in [1.807, 2.05) is 31.2 Å². The summed E-state index contributed by atoms with van der Waals surface area (Å²) < 4.78 is 0. The molecule has 0 fully saturated rings. The molecule has 4 nitrogen and oxygen atoms in total. The van der Waals surface area contributed by atoms with Crippen molar-refractivity contribution in [2.24, 2.45) is 0 Å². The second-order valence-corrected chi connectivity index (χ2v) is 5.99. The summed E-state index contributed by atoms with van der Waals surface area (Å²) in [4.78, 5) is 24.1. The van der Waals surface area contributed by atoms with E-state index in [0.29, 0.717) is 22.8 Å². The topological polar surface area (TPSA) is 58.2 Å². The van der Waals surface area contributed by atoms with Crippen molar-refractivity contribution in [2.45, 2.75) is 32.6 Å². The zero-order valence-corrected chi connectivity index (χ0v) is 14.4. The molecule has 0 aliphatic heterocycles. The number of hydrogen-bond acceptors (Lipinski definition) is 2. The molecule has 0 aliphatic rings. The van der Waals surface area contributed by atoms with Gasteiger partial charge in [0.2, 0.25) is 11.8 Å². The zero-order valence-electron chi connectivity index (χ0n) is 13.6. The maximum atomic E-state index is 12.2. The van der Waals surface area contributed by atoms with E-state index in [1.165, 1.54) is 0 Å². The fraction of sp³-hybridized carbons (Fsp3) is 0.263. The van der Waals surface area contributed by atoms with Crippen LogP contribution in [0.15, 0.2) is 48.5 Å². The number of amides is 2. The van der Waals surface area contributed by atoms with Crippen LogP contribution in [0.4, 0.5) is 11.4 Å². The van der Waals surface area contributed by atoms with Crippen molar-refractivity contribution in [3.63, 3.8) is 0 Å². The van der Waals surface area contributed by atoms with Gasteiger partial charge in [0.15, 0.2) is 0 Å². The van der Waals surface area contributed by atoms with Crippen LogP contribution in [0, 0.1) is 0 Å². The Labute approximate surface area is 147 Å². The van der Waals surface area contributed by atoms with Crippen molar-refractivity contribution >= 4 is 34.8 Å². The Bertz CT molecular complexity index is 699. The minimum atomic E-state index is -0.146. The highest BCUT2D eigenvalue weighted by Crippen LogP contribution is 2.22. The van der Waals surface area contributed by atoms with Gasteiger partial charge in [0, 0.05) is 11.4 Å². The molecule has 0 spiro atoms. The summed E-state index contributed by atoms with van der Waals surface area (Å²) in [7, 11) is 0. The van der Waals surface area contributed by atoms with E-state index >= 15 is 0 Å². The number of unbranched alkanes of at least 4 members (excludes halogenated alkanes) is 1. The number of hydrogen-bond donors (Lipinski definition) is 2. The molecule has 0 aliphatic carbocycles. The smallest absolute Gasteiger partial charge is 0.228 e. The summed E-state index contributed by atoms with van der Waals surface area (Å²) >= 11 is 5.84. The van der Waals surface area contributed by atoms with Crippen LogP contribution < -0.4 is 10.6 Å². The first-order valence-corrected chi connectivity index (χ1v) is 8.39. The van der Waals surface area contributed by atoms with Crippen molar-refractivity contribution in [1.82, 2.24) is 0 Å². The summed E-state index contributed by atoms with van der Waals surface area (Å²) in [6, 6.07) is 14.3. The van der Waals surface area contributed by atoms with E-state index in [9.17, 15) is 9.59 Å². The van der Waals surface area contributed by atoms with Crippen LogP contribution in [0.5, 0.6) is 0 Å². The Morgan fingerprint density at radius 3 is 2.08 bits per heavy atom. The average molecular weight is 345 g/mol. The Kier molecular flexibility index (Phi) is 6.82. The lowest BCUT2D eigenvalue weighted by molar-refractivity contribution is -0.117. The van der Waals surface area contributed by atoms with Gasteiger partial charge in [0.1, 0.15) is 0 Å². The van der Waals surface area contributed by atoms with Gasteiger partial charge < -0.3 is 10.6 Å². The standard InChI is InChI=1S/C19H21ClN2O2/c1-2-3-8-18(23)21-16-6-4-5-7-17(16)22-19(24)13-14-9-11-15(20)12-10-14/h4-7,9-12H,2-3,8,13H2,1H3,(H,21,23)(H,22,24). The van der Waals surface area contributed by atoms with Crippen LogP contribution >= 0.6 is 11.6 Å². The molecule has 2 rings (SSSR count). The van der Waals surface area contributed by atoms with E-state index < -0.39 is 0 Å². The summed E-state index contributed by atoms with van der Waals surface area (Å²) in [5, 5.41) is 6.34. The van der Waals surface area contributed by atoms with E-state index in [1.54, 1.807) is 24.3 Å². The minimum absolute atomic E-state index is 0.0451. The number of anilines is 2. The molecule has 0 radical (unpaired) electrons. The predicted molar refractivity (Wildman–Crippen MR) is 98.4 cm³/mol. The molecular weight excluding hydrogens is 324 g/mol. The highest BCUT2D eigenvalue weighted by molar-refractivity contribution is 6.30. The van der Waals surface area contributed by atoms with Crippen molar-refractivity contribution in [2.75, 3.05) is 10.6 Å². The monoisotopic (exact) mass is 344 g/mol. The Morgan fingerprint density at radius 2 is 1.50 bits per heavy atom. The molecule has 126 valence electrons. The maximum Gasteiger partial charge on any atom is 0.228 e. The molecule has 0 bridgehead atoms. The van der Waals surface area contributed by atoms with Gasteiger partial charge in [-0.1, -0.05) is 49.2 Å². The van der Waals surface area contributed by atoms with Crippen LogP contribution in [0.25, 0.3) is 0 Å². The second kappa shape index (κ2) is 9.08. The van der Waals surface area contributed by atoms with Crippen molar-refractivity contribution < 1.29 is 9.59 Å². The zero-order chi connectivity index (χ0) is 17.4. The van der Waals surface area contributed by atoms with E-state index in [0.717, 1.165) is 18.4 Å². The van der Waals surface area contributed by atoms with E-state index in [-0.39, 0.29) is 18.2 Å². The molecule has 2 aromatic carbocycles. The summed E-state index contributed by atoms with van der Waals surface area (Å²) in [5.41, 5.74) is 2.09. The molecule has 2 N–H and O–H groups in total. The van der Waals surface area contributed by atoms with Gasteiger partial charge in [-0.3, -0.25) is 9.59 Å². The van der Waals surface area contributed by atoms with Crippen molar-refractivity contribution in [3.8, 4) is 0 Å². The molecule has 2 amide bonds.